The summed E-state index contributed by atoms with van der Waals surface area (Å²) in [5.74, 6) is -0.199. The molecule has 0 radical (unpaired) electrons. The lowest BCUT2D eigenvalue weighted by Crippen LogP contribution is -2.40. The lowest BCUT2D eigenvalue weighted by molar-refractivity contribution is 0.0730. The maximum atomic E-state index is 13.4. The van der Waals surface area contributed by atoms with Gasteiger partial charge in [0.25, 0.3) is 5.91 Å². The molecule has 1 aliphatic rings. The summed E-state index contributed by atoms with van der Waals surface area (Å²) in [5, 5.41) is 3.70. The second-order valence-corrected chi connectivity index (χ2v) is 10.8. The Balaban J connectivity index is 1.48. The Morgan fingerprint density at radius 3 is 2.57 bits per heavy atom. The number of hydrogen-bond donors (Lipinski definition) is 1. The molecule has 1 N–H and O–H groups in total. The topological polar surface area (TPSA) is 97.8 Å². The lowest BCUT2D eigenvalue weighted by Gasteiger charge is -2.26. The maximum Gasteiger partial charge on any atom is 0.259 e. The molecule has 1 aromatic heterocycles. The molecule has 0 bridgehead atoms. The number of thiazole rings is 1. The van der Waals surface area contributed by atoms with Gasteiger partial charge in [-0.25, -0.2) is 13.4 Å². The molecule has 1 amide bonds. The molecule has 1 fully saturated rings. The average Bonchev–Trinajstić information content (AvgIpc) is 3.33. The highest BCUT2D eigenvalue weighted by molar-refractivity contribution is 7.89. The van der Waals surface area contributed by atoms with Crippen LogP contribution in [0.2, 0.25) is 0 Å². The van der Waals surface area contributed by atoms with E-state index in [1.165, 1.54) is 41.0 Å². The van der Waals surface area contributed by atoms with Gasteiger partial charge in [0.2, 0.25) is 10.0 Å². The van der Waals surface area contributed by atoms with Gasteiger partial charge in [0, 0.05) is 18.7 Å². The van der Waals surface area contributed by atoms with E-state index in [4.69, 9.17) is 14.5 Å². The molecule has 5 rings (SSSR count). The fraction of sp³-hybridized carbons (Fsp3) is 0.200. The summed E-state index contributed by atoms with van der Waals surface area (Å²) in [7, 11) is -2.33. The number of benzene rings is 3. The first-order valence-corrected chi connectivity index (χ1v) is 13.3. The SMILES string of the molecule is COc1ccc(S(=O)(=O)N2CCOCC2)cc1C(=O)Nc1ccccc1-c1nc2ccccc2s1. The molecule has 2 heterocycles. The number of ether oxygens (including phenoxy) is 2. The number of para-hydroxylation sites is 2. The Hall–Kier alpha value is -3.31. The quantitative estimate of drug-likeness (QED) is 0.417. The third-order valence-corrected chi connectivity index (χ3v) is 8.69. The predicted octanol–water partition coefficient (Wildman–Crippen LogP) is 4.25. The average molecular weight is 510 g/mol. The standard InChI is InChI=1S/C25H23N3O5S2/c1-32-22-11-10-17(35(30,31)28-12-14-33-15-13-28)16-19(22)24(29)26-20-7-3-2-6-18(20)25-27-21-8-4-5-9-23(21)34-25/h2-11,16H,12-15H2,1H3,(H,26,29). The highest BCUT2D eigenvalue weighted by Gasteiger charge is 2.28. The van der Waals surface area contributed by atoms with Crippen LogP contribution in [0.1, 0.15) is 10.4 Å². The van der Waals surface area contributed by atoms with Crippen LogP contribution in [0.15, 0.2) is 71.6 Å². The van der Waals surface area contributed by atoms with Crippen molar-refractivity contribution in [2.24, 2.45) is 0 Å². The van der Waals surface area contributed by atoms with E-state index < -0.39 is 15.9 Å². The van der Waals surface area contributed by atoms with Crippen molar-refractivity contribution in [2.75, 3.05) is 38.7 Å². The smallest absolute Gasteiger partial charge is 0.259 e. The van der Waals surface area contributed by atoms with E-state index in [1.54, 1.807) is 6.07 Å². The molecule has 35 heavy (non-hydrogen) atoms. The van der Waals surface area contributed by atoms with Gasteiger partial charge in [-0.3, -0.25) is 4.79 Å². The van der Waals surface area contributed by atoms with Crippen molar-refractivity contribution in [3.63, 3.8) is 0 Å². The summed E-state index contributed by atoms with van der Waals surface area (Å²) in [5.41, 5.74) is 2.36. The van der Waals surface area contributed by atoms with Crippen molar-refractivity contribution < 1.29 is 22.7 Å². The molecule has 0 saturated carbocycles. The first-order valence-electron chi connectivity index (χ1n) is 11.0. The van der Waals surface area contributed by atoms with Gasteiger partial charge in [0.05, 0.1) is 46.7 Å². The van der Waals surface area contributed by atoms with Gasteiger partial charge in [0.15, 0.2) is 0 Å². The van der Waals surface area contributed by atoms with E-state index in [0.29, 0.717) is 18.9 Å². The second kappa shape index (κ2) is 9.74. The van der Waals surface area contributed by atoms with Gasteiger partial charge in [-0.15, -0.1) is 11.3 Å². The van der Waals surface area contributed by atoms with Crippen molar-refractivity contribution in [2.45, 2.75) is 4.90 Å². The molecule has 4 aromatic rings. The summed E-state index contributed by atoms with van der Waals surface area (Å²) in [4.78, 5) is 18.1. The zero-order valence-electron chi connectivity index (χ0n) is 18.9. The largest absolute Gasteiger partial charge is 0.496 e. The van der Waals surface area contributed by atoms with Crippen LogP contribution in [0, 0.1) is 0 Å². The monoisotopic (exact) mass is 509 g/mol. The molecular formula is C25H23N3O5S2. The van der Waals surface area contributed by atoms with E-state index in [9.17, 15) is 13.2 Å². The van der Waals surface area contributed by atoms with E-state index in [0.717, 1.165) is 20.8 Å². The number of hydrogen-bond acceptors (Lipinski definition) is 7. The highest BCUT2D eigenvalue weighted by Crippen LogP contribution is 2.35. The fourth-order valence-electron chi connectivity index (χ4n) is 3.92. The number of anilines is 1. The molecule has 1 saturated heterocycles. The van der Waals surface area contributed by atoms with Crippen LogP contribution < -0.4 is 10.1 Å². The fourth-order valence-corrected chi connectivity index (χ4v) is 6.36. The van der Waals surface area contributed by atoms with Crippen LogP contribution >= 0.6 is 11.3 Å². The normalized spacial score (nSPS) is 14.7. The number of carbonyl (C=O) groups is 1. The summed E-state index contributed by atoms with van der Waals surface area (Å²) in [6.07, 6.45) is 0. The summed E-state index contributed by atoms with van der Waals surface area (Å²) >= 11 is 1.53. The zero-order chi connectivity index (χ0) is 24.4. The number of rotatable bonds is 6. The summed E-state index contributed by atoms with van der Waals surface area (Å²) < 4.78 is 39.3. The molecule has 0 unspecified atom stereocenters. The first kappa shape index (κ1) is 23.4. The van der Waals surface area contributed by atoms with Crippen molar-refractivity contribution in [3.05, 3.63) is 72.3 Å². The van der Waals surface area contributed by atoms with Crippen molar-refractivity contribution >= 4 is 43.2 Å². The molecule has 3 aromatic carbocycles. The number of aromatic nitrogens is 1. The van der Waals surface area contributed by atoms with Crippen LogP contribution in [0.4, 0.5) is 5.69 Å². The second-order valence-electron chi connectivity index (χ2n) is 7.86. The molecule has 10 heteroatoms. The number of morpholine rings is 1. The third kappa shape index (κ3) is 4.65. The van der Waals surface area contributed by atoms with E-state index >= 15 is 0 Å². The summed E-state index contributed by atoms with van der Waals surface area (Å²) in [6, 6.07) is 19.5. The van der Waals surface area contributed by atoms with Crippen molar-refractivity contribution in [1.29, 1.82) is 0 Å². The Bertz CT molecular complexity index is 1460. The number of methoxy groups -OCH3 is 1. The Labute approximate surface area is 207 Å². The van der Waals surface area contributed by atoms with Crippen LogP contribution in [-0.4, -0.2) is 57.0 Å². The van der Waals surface area contributed by atoms with Crippen LogP contribution in [0.3, 0.4) is 0 Å². The summed E-state index contributed by atoms with van der Waals surface area (Å²) in [6.45, 7) is 1.22. The van der Waals surface area contributed by atoms with E-state index in [1.807, 2.05) is 42.5 Å². The highest BCUT2D eigenvalue weighted by atomic mass is 32.2. The minimum Gasteiger partial charge on any atom is -0.496 e. The molecule has 1 aliphatic heterocycles. The van der Waals surface area contributed by atoms with Crippen molar-refractivity contribution in [1.82, 2.24) is 9.29 Å². The number of nitrogens with zero attached hydrogens (tertiary/aromatic N) is 2. The molecule has 0 spiro atoms. The van der Waals surface area contributed by atoms with Crippen LogP contribution in [-0.2, 0) is 14.8 Å². The molecule has 0 aliphatic carbocycles. The Morgan fingerprint density at radius 2 is 1.80 bits per heavy atom. The molecule has 180 valence electrons. The van der Waals surface area contributed by atoms with E-state index in [2.05, 4.69) is 5.32 Å². The number of carbonyl (C=O) groups excluding carboxylic acids is 1. The Morgan fingerprint density at radius 1 is 1.06 bits per heavy atom. The number of amides is 1. The van der Waals surface area contributed by atoms with Gasteiger partial charge in [-0.2, -0.15) is 4.31 Å². The van der Waals surface area contributed by atoms with Gasteiger partial charge >= 0.3 is 0 Å². The first-order chi connectivity index (χ1) is 17.0. The van der Waals surface area contributed by atoms with Crippen LogP contribution in [0.25, 0.3) is 20.8 Å². The number of sulfonamides is 1. The maximum absolute atomic E-state index is 13.4. The predicted molar refractivity (Wildman–Crippen MR) is 136 cm³/mol. The number of fused-ring (bicyclic) bond motifs is 1. The molecule has 0 atom stereocenters. The number of nitrogens with one attached hydrogen (secondary N) is 1. The van der Waals surface area contributed by atoms with E-state index in [-0.39, 0.29) is 29.3 Å². The minimum absolute atomic E-state index is 0.0322. The van der Waals surface area contributed by atoms with Crippen molar-refractivity contribution in [3.8, 4) is 16.3 Å². The lowest BCUT2D eigenvalue weighted by atomic mass is 10.1. The third-order valence-electron chi connectivity index (χ3n) is 5.72. The molecular weight excluding hydrogens is 486 g/mol. The van der Waals surface area contributed by atoms with Crippen LogP contribution in [0.5, 0.6) is 5.75 Å². The van der Waals surface area contributed by atoms with Gasteiger partial charge in [0.1, 0.15) is 10.8 Å². The molecule has 8 nitrogen and oxygen atoms in total. The van der Waals surface area contributed by atoms with Gasteiger partial charge in [-0.1, -0.05) is 24.3 Å². The van der Waals surface area contributed by atoms with Gasteiger partial charge < -0.3 is 14.8 Å². The van der Waals surface area contributed by atoms with Gasteiger partial charge in [-0.05, 0) is 42.5 Å². The minimum atomic E-state index is -3.77. The Kier molecular flexibility index (Phi) is 6.52. The zero-order valence-corrected chi connectivity index (χ0v) is 20.6.